The minimum atomic E-state index is -0.719. The van der Waals surface area contributed by atoms with Crippen LogP contribution in [0, 0.1) is 19.8 Å². The van der Waals surface area contributed by atoms with Crippen molar-refractivity contribution in [2.24, 2.45) is 5.92 Å². The van der Waals surface area contributed by atoms with Crippen LogP contribution in [0.25, 0.3) is 0 Å². The van der Waals surface area contributed by atoms with E-state index in [2.05, 4.69) is 16.2 Å². The van der Waals surface area contributed by atoms with Crippen LogP contribution < -0.4 is 20.9 Å². The molecule has 7 nitrogen and oxygen atoms in total. The van der Waals surface area contributed by atoms with Gasteiger partial charge in [-0.1, -0.05) is 19.9 Å². The van der Waals surface area contributed by atoms with Crippen molar-refractivity contribution in [3.05, 3.63) is 29.3 Å². The number of carbonyl (C=O) groups is 3. The summed E-state index contributed by atoms with van der Waals surface area (Å²) in [5.74, 6) is -0.814. The minimum Gasteiger partial charge on any atom is -0.484 e. The lowest BCUT2D eigenvalue weighted by Gasteiger charge is -2.21. The fourth-order valence-electron chi connectivity index (χ4n) is 2.16. The molecule has 1 rings (SSSR count). The smallest absolute Gasteiger partial charge is 0.276 e. The molecule has 0 aliphatic heterocycles. The van der Waals surface area contributed by atoms with Crippen molar-refractivity contribution in [1.29, 1.82) is 0 Å². The van der Waals surface area contributed by atoms with E-state index in [1.54, 1.807) is 13.8 Å². The second kappa shape index (κ2) is 8.90. The Morgan fingerprint density at radius 2 is 1.62 bits per heavy atom. The maximum Gasteiger partial charge on any atom is 0.276 e. The van der Waals surface area contributed by atoms with E-state index < -0.39 is 17.9 Å². The minimum absolute atomic E-state index is 0.114. The largest absolute Gasteiger partial charge is 0.484 e. The molecule has 0 fully saturated rings. The van der Waals surface area contributed by atoms with Crippen LogP contribution in [0.1, 0.15) is 31.9 Å². The Morgan fingerprint density at radius 1 is 1.04 bits per heavy atom. The molecule has 24 heavy (non-hydrogen) atoms. The third-order valence-corrected chi connectivity index (χ3v) is 3.20. The Labute approximate surface area is 142 Å². The molecule has 0 saturated carbocycles. The molecule has 3 amide bonds. The first-order valence-electron chi connectivity index (χ1n) is 7.76. The van der Waals surface area contributed by atoms with Gasteiger partial charge in [0.15, 0.2) is 6.61 Å². The Morgan fingerprint density at radius 3 is 2.12 bits per heavy atom. The summed E-state index contributed by atoms with van der Waals surface area (Å²) in [7, 11) is 0. The predicted molar refractivity (Wildman–Crippen MR) is 90.1 cm³/mol. The molecule has 132 valence electrons. The third kappa shape index (κ3) is 6.68. The van der Waals surface area contributed by atoms with Gasteiger partial charge in [-0.3, -0.25) is 25.2 Å². The maximum atomic E-state index is 12.0. The van der Waals surface area contributed by atoms with Gasteiger partial charge in [-0.05, 0) is 43.0 Å². The van der Waals surface area contributed by atoms with E-state index in [0.29, 0.717) is 5.75 Å². The predicted octanol–water partition coefficient (Wildman–Crippen LogP) is 0.990. The van der Waals surface area contributed by atoms with Crippen LogP contribution in [0.3, 0.4) is 0 Å². The number of hydrazine groups is 1. The summed E-state index contributed by atoms with van der Waals surface area (Å²) >= 11 is 0. The number of benzene rings is 1. The third-order valence-electron chi connectivity index (χ3n) is 3.20. The van der Waals surface area contributed by atoms with E-state index in [1.807, 2.05) is 32.0 Å². The zero-order valence-electron chi connectivity index (χ0n) is 14.7. The first-order chi connectivity index (χ1) is 11.2. The zero-order valence-corrected chi connectivity index (χ0v) is 14.7. The standard InChI is InChI=1S/C17H25N3O4/c1-10(2)16(18-13(5)21)17(23)20-19-15(22)9-24-14-7-11(3)6-12(4)8-14/h6-8,10,16H,9H2,1-5H3,(H,18,21)(H,19,22)(H,20,23). The van der Waals surface area contributed by atoms with E-state index in [4.69, 9.17) is 4.74 Å². The highest BCUT2D eigenvalue weighted by molar-refractivity contribution is 5.89. The van der Waals surface area contributed by atoms with Gasteiger partial charge in [-0.15, -0.1) is 0 Å². The number of rotatable bonds is 6. The van der Waals surface area contributed by atoms with Crippen LogP contribution in [0.2, 0.25) is 0 Å². The average molecular weight is 335 g/mol. The van der Waals surface area contributed by atoms with Gasteiger partial charge < -0.3 is 10.1 Å². The Balaban J connectivity index is 2.47. The molecule has 0 aromatic heterocycles. The van der Waals surface area contributed by atoms with Crippen molar-refractivity contribution < 1.29 is 19.1 Å². The molecule has 0 radical (unpaired) electrons. The molecule has 1 aromatic carbocycles. The normalized spacial score (nSPS) is 11.6. The van der Waals surface area contributed by atoms with Crippen molar-refractivity contribution in [1.82, 2.24) is 16.2 Å². The molecule has 7 heteroatoms. The molecule has 0 spiro atoms. The summed E-state index contributed by atoms with van der Waals surface area (Å²) in [6.45, 7) is 8.58. The van der Waals surface area contributed by atoms with Crippen molar-refractivity contribution in [2.45, 2.75) is 40.7 Å². The molecule has 1 atom stereocenters. The van der Waals surface area contributed by atoms with Crippen molar-refractivity contribution in [3.63, 3.8) is 0 Å². The fourth-order valence-corrected chi connectivity index (χ4v) is 2.16. The van der Waals surface area contributed by atoms with Crippen LogP contribution in [0.5, 0.6) is 5.75 Å². The monoisotopic (exact) mass is 335 g/mol. The average Bonchev–Trinajstić information content (AvgIpc) is 2.46. The first kappa shape index (κ1) is 19.5. The summed E-state index contributed by atoms with van der Waals surface area (Å²) in [6.07, 6.45) is 0. The Kier molecular flexibility index (Phi) is 7.23. The summed E-state index contributed by atoms with van der Waals surface area (Å²) in [5.41, 5.74) is 6.64. The van der Waals surface area contributed by atoms with Gasteiger partial charge in [0, 0.05) is 6.92 Å². The lowest BCUT2D eigenvalue weighted by Crippen LogP contribution is -2.54. The number of hydrogen-bond donors (Lipinski definition) is 3. The second-order valence-electron chi connectivity index (χ2n) is 6.07. The highest BCUT2D eigenvalue weighted by atomic mass is 16.5. The first-order valence-corrected chi connectivity index (χ1v) is 7.76. The summed E-state index contributed by atoms with van der Waals surface area (Å²) in [6, 6.07) is 4.93. The number of ether oxygens (including phenoxy) is 1. The van der Waals surface area contributed by atoms with Crippen LogP contribution in [-0.4, -0.2) is 30.4 Å². The molecule has 0 aliphatic carbocycles. The van der Waals surface area contributed by atoms with E-state index in [-0.39, 0.29) is 18.4 Å². The number of amides is 3. The molecule has 1 aromatic rings. The SMILES string of the molecule is CC(=O)NC(C(=O)NNC(=O)COc1cc(C)cc(C)c1)C(C)C. The lowest BCUT2D eigenvalue weighted by atomic mass is 10.0. The number of carbonyl (C=O) groups excluding carboxylic acids is 3. The molecule has 0 aliphatic rings. The van der Waals surface area contributed by atoms with E-state index in [1.165, 1.54) is 6.92 Å². The quantitative estimate of drug-likeness (QED) is 0.676. The van der Waals surface area contributed by atoms with Gasteiger partial charge in [0.25, 0.3) is 11.8 Å². The highest BCUT2D eigenvalue weighted by Gasteiger charge is 2.23. The van der Waals surface area contributed by atoms with Gasteiger partial charge >= 0.3 is 0 Å². The van der Waals surface area contributed by atoms with Gasteiger partial charge in [-0.2, -0.15) is 0 Å². The van der Waals surface area contributed by atoms with Crippen LogP contribution >= 0.6 is 0 Å². The Bertz CT molecular complexity index is 594. The molecule has 0 saturated heterocycles. The van der Waals surface area contributed by atoms with Crippen molar-refractivity contribution >= 4 is 17.7 Å². The second-order valence-corrected chi connectivity index (χ2v) is 6.07. The fraction of sp³-hybridized carbons (Fsp3) is 0.471. The van der Waals surface area contributed by atoms with Crippen molar-refractivity contribution in [2.75, 3.05) is 6.61 Å². The summed E-state index contributed by atoms with van der Waals surface area (Å²) in [4.78, 5) is 34.9. The molecule has 0 heterocycles. The van der Waals surface area contributed by atoms with E-state index >= 15 is 0 Å². The van der Waals surface area contributed by atoms with Gasteiger partial charge in [0.1, 0.15) is 11.8 Å². The van der Waals surface area contributed by atoms with Crippen LogP contribution in [-0.2, 0) is 14.4 Å². The van der Waals surface area contributed by atoms with E-state index in [0.717, 1.165) is 11.1 Å². The molecular weight excluding hydrogens is 310 g/mol. The van der Waals surface area contributed by atoms with E-state index in [9.17, 15) is 14.4 Å². The molecule has 0 bridgehead atoms. The molecule has 3 N–H and O–H groups in total. The lowest BCUT2D eigenvalue weighted by molar-refractivity contribution is -0.133. The molecular formula is C17H25N3O4. The summed E-state index contributed by atoms with van der Waals surface area (Å²) in [5, 5.41) is 2.54. The maximum absolute atomic E-state index is 12.0. The van der Waals surface area contributed by atoms with Gasteiger partial charge in [0.05, 0.1) is 0 Å². The van der Waals surface area contributed by atoms with Crippen LogP contribution in [0.15, 0.2) is 18.2 Å². The highest BCUT2D eigenvalue weighted by Crippen LogP contribution is 2.15. The zero-order chi connectivity index (χ0) is 18.3. The number of hydrogen-bond acceptors (Lipinski definition) is 4. The van der Waals surface area contributed by atoms with Crippen molar-refractivity contribution in [3.8, 4) is 5.75 Å². The molecule has 1 unspecified atom stereocenters. The summed E-state index contributed by atoms with van der Waals surface area (Å²) < 4.78 is 5.40. The van der Waals surface area contributed by atoms with Gasteiger partial charge in [0.2, 0.25) is 5.91 Å². The topological polar surface area (TPSA) is 96.5 Å². The Hall–Kier alpha value is -2.57. The number of nitrogens with one attached hydrogen (secondary N) is 3. The van der Waals surface area contributed by atoms with Gasteiger partial charge in [-0.25, -0.2) is 0 Å². The van der Waals surface area contributed by atoms with Crippen LogP contribution in [0.4, 0.5) is 0 Å². The number of aryl methyl sites for hydroxylation is 2.